The summed E-state index contributed by atoms with van der Waals surface area (Å²) in [6, 6.07) is 6.80. The van der Waals surface area contributed by atoms with Gasteiger partial charge in [-0.2, -0.15) is 0 Å². The molecule has 2 N–H and O–H groups in total. The Hall–Kier alpha value is -3.29. The van der Waals surface area contributed by atoms with Crippen LogP contribution in [0.2, 0.25) is 0 Å². The minimum atomic E-state index is -1.22. The number of carboxylic acids is 1. The highest BCUT2D eigenvalue weighted by atomic mass is 16.4. The molecular weight excluding hydrogens is 340 g/mol. The Morgan fingerprint density at radius 1 is 0.923 bits per heavy atom. The molecule has 2 heterocycles. The van der Waals surface area contributed by atoms with Crippen LogP contribution in [0.15, 0.2) is 41.0 Å². The molecule has 0 radical (unpaired) electrons. The summed E-state index contributed by atoms with van der Waals surface area (Å²) in [7, 11) is 0. The van der Waals surface area contributed by atoms with E-state index >= 15 is 0 Å². The number of carboxylic acid groups (broad SMARTS) is 1. The van der Waals surface area contributed by atoms with E-state index in [0.29, 0.717) is 32.6 Å². The van der Waals surface area contributed by atoms with Gasteiger partial charge in [-0.1, -0.05) is 0 Å². The molecule has 1 fully saturated rings. The number of carbonyl (C=O) groups is 3. The molecule has 2 aromatic rings. The molecule has 1 aliphatic rings. The van der Waals surface area contributed by atoms with E-state index < -0.39 is 5.97 Å². The molecule has 26 heavy (non-hydrogen) atoms. The van der Waals surface area contributed by atoms with E-state index in [-0.39, 0.29) is 34.5 Å². The zero-order valence-corrected chi connectivity index (χ0v) is 13.9. The summed E-state index contributed by atoms with van der Waals surface area (Å²) in [5, 5.41) is 18.7. The van der Waals surface area contributed by atoms with Crippen LogP contribution in [0.25, 0.3) is 0 Å². The molecule has 1 aromatic carbocycles. The quantitative estimate of drug-likeness (QED) is 0.863. The summed E-state index contributed by atoms with van der Waals surface area (Å²) in [6.07, 6.45) is 2.02. The molecule has 3 rings (SSSR count). The minimum Gasteiger partial charge on any atom is -0.508 e. The fourth-order valence-corrected chi connectivity index (χ4v) is 2.92. The Balaban J connectivity index is 1.72. The van der Waals surface area contributed by atoms with Gasteiger partial charge in [-0.25, -0.2) is 4.79 Å². The molecule has 1 aromatic heterocycles. The molecule has 8 heteroatoms. The number of nitrogens with zero attached hydrogens (tertiary/aromatic N) is 2. The summed E-state index contributed by atoms with van der Waals surface area (Å²) in [4.78, 5) is 39.3. The van der Waals surface area contributed by atoms with Gasteiger partial charge in [0, 0.05) is 31.7 Å². The van der Waals surface area contributed by atoms with Crippen LogP contribution in [-0.2, 0) is 0 Å². The van der Waals surface area contributed by atoms with Gasteiger partial charge in [-0.05, 0) is 36.8 Å². The summed E-state index contributed by atoms with van der Waals surface area (Å²) in [6.45, 7) is 1.57. The van der Waals surface area contributed by atoms with E-state index in [1.54, 1.807) is 21.9 Å². The number of hydrogen-bond acceptors (Lipinski definition) is 5. The number of phenolic OH excluding ortho intramolecular Hbond substituents is 1. The summed E-state index contributed by atoms with van der Waals surface area (Å²) in [5.74, 6) is -1.85. The second kappa shape index (κ2) is 7.30. The molecule has 0 aliphatic carbocycles. The predicted molar refractivity (Wildman–Crippen MR) is 90.2 cm³/mol. The van der Waals surface area contributed by atoms with Gasteiger partial charge in [-0.15, -0.1) is 0 Å². The highest BCUT2D eigenvalue weighted by Crippen LogP contribution is 2.19. The lowest BCUT2D eigenvalue weighted by molar-refractivity contribution is 0.0690. The normalized spacial score (nSPS) is 14.8. The van der Waals surface area contributed by atoms with Crippen molar-refractivity contribution < 1.29 is 29.0 Å². The summed E-state index contributed by atoms with van der Waals surface area (Å²) >= 11 is 0. The first-order chi connectivity index (χ1) is 12.5. The first-order valence-corrected chi connectivity index (χ1v) is 8.15. The van der Waals surface area contributed by atoms with Crippen LogP contribution in [0.3, 0.4) is 0 Å². The lowest BCUT2D eigenvalue weighted by Crippen LogP contribution is -2.37. The van der Waals surface area contributed by atoms with E-state index in [0.717, 1.165) is 6.07 Å². The number of furan rings is 1. The Morgan fingerprint density at radius 3 is 2.19 bits per heavy atom. The Morgan fingerprint density at radius 2 is 1.58 bits per heavy atom. The molecule has 0 saturated carbocycles. The molecule has 8 nitrogen and oxygen atoms in total. The zero-order valence-electron chi connectivity index (χ0n) is 13.9. The number of aromatic hydroxyl groups is 1. The first kappa shape index (κ1) is 17.5. The van der Waals surface area contributed by atoms with Crippen LogP contribution in [0.4, 0.5) is 0 Å². The van der Waals surface area contributed by atoms with Crippen molar-refractivity contribution in [1.82, 2.24) is 9.80 Å². The molecule has 0 bridgehead atoms. The zero-order chi connectivity index (χ0) is 18.7. The molecule has 2 amide bonds. The van der Waals surface area contributed by atoms with Crippen molar-refractivity contribution in [2.45, 2.75) is 6.42 Å². The third-order valence-corrected chi connectivity index (χ3v) is 4.21. The van der Waals surface area contributed by atoms with Gasteiger partial charge in [-0.3, -0.25) is 9.59 Å². The number of benzene rings is 1. The maximum Gasteiger partial charge on any atom is 0.335 e. The van der Waals surface area contributed by atoms with Gasteiger partial charge in [0.25, 0.3) is 11.8 Å². The highest BCUT2D eigenvalue weighted by molar-refractivity contribution is 5.98. The van der Waals surface area contributed by atoms with Gasteiger partial charge in [0.2, 0.25) is 0 Å². The van der Waals surface area contributed by atoms with Crippen LogP contribution in [-0.4, -0.2) is 64.0 Å². The number of rotatable bonds is 3. The number of amides is 2. The Kier molecular flexibility index (Phi) is 4.92. The van der Waals surface area contributed by atoms with Gasteiger partial charge in [0.05, 0.1) is 11.8 Å². The number of carbonyl (C=O) groups excluding carboxylic acids is 2. The van der Waals surface area contributed by atoms with Crippen molar-refractivity contribution in [3.8, 4) is 5.75 Å². The lowest BCUT2D eigenvalue weighted by atomic mass is 10.1. The van der Waals surface area contributed by atoms with Gasteiger partial charge >= 0.3 is 5.97 Å². The van der Waals surface area contributed by atoms with E-state index in [4.69, 9.17) is 9.52 Å². The fourth-order valence-electron chi connectivity index (χ4n) is 2.92. The third kappa shape index (κ3) is 3.69. The molecule has 0 spiro atoms. The van der Waals surface area contributed by atoms with Crippen LogP contribution in [0.5, 0.6) is 5.75 Å². The molecule has 136 valence electrons. The molecule has 0 atom stereocenters. The van der Waals surface area contributed by atoms with Crippen molar-refractivity contribution >= 4 is 17.8 Å². The lowest BCUT2D eigenvalue weighted by Gasteiger charge is -2.22. The van der Waals surface area contributed by atoms with Crippen molar-refractivity contribution in [3.63, 3.8) is 0 Å². The van der Waals surface area contributed by atoms with E-state index in [1.165, 1.54) is 18.4 Å². The van der Waals surface area contributed by atoms with Crippen molar-refractivity contribution in [2.24, 2.45) is 0 Å². The topological polar surface area (TPSA) is 111 Å². The van der Waals surface area contributed by atoms with Crippen LogP contribution < -0.4 is 0 Å². The maximum atomic E-state index is 12.7. The second-order valence-corrected chi connectivity index (χ2v) is 5.99. The second-order valence-electron chi connectivity index (χ2n) is 5.99. The van der Waals surface area contributed by atoms with E-state index in [9.17, 15) is 19.5 Å². The van der Waals surface area contributed by atoms with Crippen molar-refractivity contribution in [1.29, 1.82) is 0 Å². The van der Waals surface area contributed by atoms with Crippen LogP contribution in [0, 0.1) is 0 Å². The smallest absolute Gasteiger partial charge is 0.335 e. The monoisotopic (exact) mass is 358 g/mol. The molecule has 0 unspecified atom stereocenters. The summed E-state index contributed by atoms with van der Waals surface area (Å²) in [5.41, 5.74) is -0.0500. The van der Waals surface area contributed by atoms with Gasteiger partial charge in [0.1, 0.15) is 5.75 Å². The van der Waals surface area contributed by atoms with Gasteiger partial charge < -0.3 is 24.4 Å². The Bertz CT molecular complexity index is 830. The highest BCUT2D eigenvalue weighted by Gasteiger charge is 2.25. The fraction of sp³-hybridized carbons (Fsp3) is 0.278. The predicted octanol–water partition coefficient (Wildman–Crippen LogP) is 1.67. The third-order valence-electron chi connectivity index (χ3n) is 4.21. The van der Waals surface area contributed by atoms with Crippen LogP contribution >= 0.6 is 0 Å². The molecule has 1 aliphatic heterocycles. The number of hydrogen-bond donors (Lipinski definition) is 2. The van der Waals surface area contributed by atoms with Crippen molar-refractivity contribution in [2.75, 3.05) is 26.2 Å². The van der Waals surface area contributed by atoms with Crippen molar-refractivity contribution in [3.05, 3.63) is 53.5 Å². The number of aromatic carboxylic acids is 1. The van der Waals surface area contributed by atoms with Gasteiger partial charge in [0.15, 0.2) is 5.76 Å². The van der Waals surface area contributed by atoms with E-state index in [2.05, 4.69) is 0 Å². The van der Waals surface area contributed by atoms with Crippen LogP contribution in [0.1, 0.15) is 37.7 Å². The molecule has 1 saturated heterocycles. The Labute approximate surface area is 149 Å². The average Bonchev–Trinajstić information content (AvgIpc) is 3.04. The SMILES string of the molecule is O=C(O)c1cc(O)cc(C(=O)N2CCCN(C(=O)c3ccco3)CC2)c1. The average molecular weight is 358 g/mol. The van der Waals surface area contributed by atoms with E-state index in [1.807, 2.05) is 0 Å². The standard InChI is InChI=1S/C18H18N2O6/c21-14-10-12(9-13(11-14)18(24)25)16(22)19-4-2-5-20(7-6-19)17(23)15-3-1-8-26-15/h1,3,8-11,21H,2,4-7H2,(H,24,25). The molecular formula is C18H18N2O6. The maximum absolute atomic E-state index is 12.7. The number of phenols is 1. The summed E-state index contributed by atoms with van der Waals surface area (Å²) < 4.78 is 5.13. The minimum absolute atomic E-state index is 0.105. The first-order valence-electron chi connectivity index (χ1n) is 8.15. The largest absolute Gasteiger partial charge is 0.508 e.